The Bertz CT molecular complexity index is 849. The van der Waals surface area contributed by atoms with Crippen LogP contribution < -0.4 is 10.6 Å². The lowest BCUT2D eigenvalue weighted by Crippen LogP contribution is -2.55. The van der Waals surface area contributed by atoms with Crippen LogP contribution in [0.4, 0.5) is 4.79 Å². The van der Waals surface area contributed by atoms with E-state index in [2.05, 4.69) is 10.6 Å². The van der Waals surface area contributed by atoms with E-state index in [1.54, 1.807) is 32.6 Å². The average Bonchev–Trinajstić information content (AvgIpc) is 2.71. The number of carbonyl (C=O) groups excluding carboxylic acids is 3. The molecule has 190 valence electrons. The summed E-state index contributed by atoms with van der Waals surface area (Å²) >= 11 is 0. The van der Waals surface area contributed by atoms with Crippen molar-refractivity contribution < 1.29 is 19.1 Å². The molecule has 0 aliphatic heterocycles. The van der Waals surface area contributed by atoms with Gasteiger partial charge in [-0.3, -0.25) is 9.59 Å². The standard InChI is InChI=1S/C27H43N3O4/c1-17(2)30(25(32)20(5)28-26(33)34-27(6,7)8)23(22-18(3)13-12-14-19(22)4)24(31)29-21-15-10-9-11-16-21/h12-14,17,20-21,23H,9-11,15-16H2,1-8H3,(H,28,33)(H,29,31). The zero-order valence-electron chi connectivity index (χ0n) is 22.2. The molecule has 2 atom stereocenters. The molecule has 1 fully saturated rings. The first-order valence-corrected chi connectivity index (χ1v) is 12.5. The van der Waals surface area contributed by atoms with Crippen LogP contribution in [0.15, 0.2) is 18.2 Å². The Labute approximate surface area is 205 Å². The van der Waals surface area contributed by atoms with E-state index in [0.29, 0.717) is 0 Å². The number of nitrogens with zero attached hydrogens (tertiary/aromatic N) is 1. The van der Waals surface area contributed by atoms with Gasteiger partial charge in [0.1, 0.15) is 17.7 Å². The van der Waals surface area contributed by atoms with E-state index in [-0.39, 0.29) is 23.9 Å². The van der Waals surface area contributed by atoms with Crippen LogP contribution in [0, 0.1) is 13.8 Å². The van der Waals surface area contributed by atoms with Gasteiger partial charge in [0, 0.05) is 12.1 Å². The van der Waals surface area contributed by atoms with Gasteiger partial charge in [-0.15, -0.1) is 0 Å². The molecule has 0 spiro atoms. The predicted octanol–water partition coefficient (Wildman–Crippen LogP) is 4.94. The molecule has 3 amide bonds. The molecule has 7 heteroatoms. The summed E-state index contributed by atoms with van der Waals surface area (Å²) in [7, 11) is 0. The summed E-state index contributed by atoms with van der Waals surface area (Å²) in [5.41, 5.74) is 2.07. The molecule has 1 aliphatic carbocycles. The minimum Gasteiger partial charge on any atom is -0.444 e. The minimum absolute atomic E-state index is 0.120. The van der Waals surface area contributed by atoms with Crippen molar-refractivity contribution in [3.8, 4) is 0 Å². The molecule has 0 aromatic heterocycles. The van der Waals surface area contributed by atoms with Gasteiger partial charge in [-0.05, 0) is 84.9 Å². The van der Waals surface area contributed by atoms with Crippen molar-refractivity contribution in [2.45, 2.75) is 117 Å². The molecule has 0 bridgehead atoms. The van der Waals surface area contributed by atoms with E-state index in [1.165, 1.54) is 6.42 Å². The summed E-state index contributed by atoms with van der Waals surface area (Å²) in [6, 6.07) is 4.10. The smallest absolute Gasteiger partial charge is 0.408 e. The molecule has 1 saturated carbocycles. The fourth-order valence-electron chi connectivity index (χ4n) is 4.63. The highest BCUT2D eigenvalue weighted by Gasteiger charge is 2.38. The average molecular weight is 474 g/mol. The molecule has 2 unspecified atom stereocenters. The Morgan fingerprint density at radius 3 is 2.06 bits per heavy atom. The molecular weight excluding hydrogens is 430 g/mol. The normalized spacial score (nSPS) is 16.5. The van der Waals surface area contributed by atoms with Gasteiger partial charge in [-0.1, -0.05) is 37.5 Å². The number of hydrogen-bond acceptors (Lipinski definition) is 4. The van der Waals surface area contributed by atoms with Crippen molar-refractivity contribution in [1.82, 2.24) is 15.5 Å². The van der Waals surface area contributed by atoms with Gasteiger partial charge in [0.2, 0.25) is 11.8 Å². The molecule has 7 nitrogen and oxygen atoms in total. The Balaban J connectivity index is 2.40. The highest BCUT2D eigenvalue weighted by Crippen LogP contribution is 2.31. The van der Waals surface area contributed by atoms with Crippen molar-refractivity contribution in [2.75, 3.05) is 0 Å². The first-order chi connectivity index (χ1) is 15.8. The first-order valence-electron chi connectivity index (χ1n) is 12.5. The van der Waals surface area contributed by atoms with E-state index in [4.69, 9.17) is 4.74 Å². The van der Waals surface area contributed by atoms with Crippen molar-refractivity contribution in [3.63, 3.8) is 0 Å². The predicted molar refractivity (Wildman–Crippen MR) is 134 cm³/mol. The van der Waals surface area contributed by atoms with Crippen LogP contribution in [-0.2, 0) is 14.3 Å². The number of nitrogens with one attached hydrogen (secondary N) is 2. The van der Waals surface area contributed by atoms with Gasteiger partial charge >= 0.3 is 6.09 Å². The molecule has 0 heterocycles. The number of carbonyl (C=O) groups is 3. The van der Waals surface area contributed by atoms with E-state index < -0.39 is 23.8 Å². The Kier molecular flexibility index (Phi) is 9.54. The number of amides is 3. The molecule has 1 aromatic rings. The van der Waals surface area contributed by atoms with Crippen LogP contribution in [0.2, 0.25) is 0 Å². The molecule has 2 N–H and O–H groups in total. The van der Waals surface area contributed by atoms with Crippen molar-refractivity contribution >= 4 is 17.9 Å². The minimum atomic E-state index is -0.855. The lowest BCUT2D eigenvalue weighted by molar-refractivity contribution is -0.144. The van der Waals surface area contributed by atoms with Gasteiger partial charge in [-0.25, -0.2) is 4.79 Å². The number of benzene rings is 1. The maximum absolute atomic E-state index is 13.8. The van der Waals surface area contributed by atoms with E-state index in [1.807, 2.05) is 45.9 Å². The van der Waals surface area contributed by atoms with Crippen LogP contribution in [0.1, 0.15) is 96.4 Å². The van der Waals surface area contributed by atoms with Crippen molar-refractivity contribution in [1.29, 1.82) is 0 Å². The topological polar surface area (TPSA) is 87.7 Å². The molecule has 1 aliphatic rings. The van der Waals surface area contributed by atoms with Crippen LogP contribution in [-0.4, -0.2) is 46.5 Å². The maximum atomic E-state index is 13.8. The van der Waals surface area contributed by atoms with Gasteiger partial charge < -0.3 is 20.3 Å². The van der Waals surface area contributed by atoms with E-state index in [0.717, 1.165) is 42.4 Å². The highest BCUT2D eigenvalue weighted by molar-refractivity contribution is 5.92. The van der Waals surface area contributed by atoms with Crippen LogP contribution in [0.5, 0.6) is 0 Å². The Morgan fingerprint density at radius 1 is 1.00 bits per heavy atom. The van der Waals surface area contributed by atoms with E-state index in [9.17, 15) is 14.4 Å². The summed E-state index contributed by atoms with van der Waals surface area (Å²) in [5.74, 6) is -0.497. The van der Waals surface area contributed by atoms with Crippen LogP contribution in [0.3, 0.4) is 0 Å². The molecule has 34 heavy (non-hydrogen) atoms. The molecule has 0 saturated heterocycles. The maximum Gasteiger partial charge on any atom is 0.408 e. The number of alkyl carbamates (subject to hydrolysis) is 1. The monoisotopic (exact) mass is 473 g/mol. The van der Waals surface area contributed by atoms with Crippen molar-refractivity contribution in [2.24, 2.45) is 0 Å². The molecule has 2 rings (SSSR count). The third kappa shape index (κ3) is 7.47. The Morgan fingerprint density at radius 2 is 1.56 bits per heavy atom. The number of ether oxygens (including phenoxy) is 1. The second-order valence-electron chi connectivity index (χ2n) is 10.8. The zero-order chi connectivity index (χ0) is 25.6. The summed E-state index contributed by atoms with van der Waals surface area (Å²) < 4.78 is 5.33. The van der Waals surface area contributed by atoms with Gasteiger partial charge in [-0.2, -0.15) is 0 Å². The summed E-state index contributed by atoms with van der Waals surface area (Å²) in [4.78, 5) is 41.4. The van der Waals surface area contributed by atoms with E-state index >= 15 is 0 Å². The summed E-state index contributed by atoms with van der Waals surface area (Å²) in [5, 5.41) is 5.87. The number of hydrogen-bond donors (Lipinski definition) is 2. The summed E-state index contributed by atoms with van der Waals surface area (Å²) in [6.45, 7) is 14.7. The number of aryl methyl sites for hydroxylation is 2. The fraction of sp³-hybridized carbons (Fsp3) is 0.667. The molecule has 0 radical (unpaired) electrons. The molecule has 1 aromatic carbocycles. The lowest BCUT2D eigenvalue weighted by Gasteiger charge is -2.38. The fourth-order valence-corrected chi connectivity index (χ4v) is 4.63. The Hall–Kier alpha value is -2.57. The largest absolute Gasteiger partial charge is 0.444 e. The number of rotatable bonds is 7. The van der Waals surface area contributed by atoms with Crippen molar-refractivity contribution in [3.05, 3.63) is 34.9 Å². The van der Waals surface area contributed by atoms with Crippen LogP contribution >= 0.6 is 0 Å². The highest BCUT2D eigenvalue weighted by atomic mass is 16.6. The van der Waals surface area contributed by atoms with Gasteiger partial charge in [0.15, 0.2) is 0 Å². The third-order valence-electron chi connectivity index (χ3n) is 6.21. The second-order valence-corrected chi connectivity index (χ2v) is 10.8. The SMILES string of the molecule is Cc1cccc(C)c1C(C(=O)NC1CCCCC1)N(C(=O)C(C)NC(=O)OC(C)(C)C)C(C)C. The zero-order valence-corrected chi connectivity index (χ0v) is 22.2. The molecular formula is C27H43N3O4. The van der Waals surface area contributed by atoms with Crippen LogP contribution in [0.25, 0.3) is 0 Å². The second kappa shape index (κ2) is 11.7. The van der Waals surface area contributed by atoms with Gasteiger partial charge in [0.05, 0.1) is 0 Å². The summed E-state index contributed by atoms with van der Waals surface area (Å²) in [6.07, 6.45) is 4.64. The first kappa shape index (κ1) is 27.7. The van der Waals surface area contributed by atoms with Gasteiger partial charge in [0.25, 0.3) is 0 Å². The quantitative estimate of drug-likeness (QED) is 0.587. The third-order valence-corrected chi connectivity index (χ3v) is 6.21. The lowest BCUT2D eigenvalue weighted by atomic mass is 9.91.